The minimum atomic E-state index is -0.0833. The third-order valence-electron chi connectivity index (χ3n) is 1.40. The average molecular weight is 264 g/mol. The van der Waals surface area contributed by atoms with E-state index < -0.39 is 0 Å². The minimum absolute atomic E-state index is 0.0833. The summed E-state index contributed by atoms with van der Waals surface area (Å²) in [4.78, 5) is 0. The number of hydrogen-bond acceptors (Lipinski definition) is 3. The van der Waals surface area contributed by atoms with Gasteiger partial charge in [0, 0.05) is 7.11 Å². The Balaban J connectivity index is -0.000000235. The predicted molar refractivity (Wildman–Crippen MR) is 80.0 cm³/mol. The molecule has 0 aromatic rings. The molecular weight excluding hydrogens is 228 g/mol. The van der Waals surface area contributed by atoms with Crippen molar-refractivity contribution in [3.05, 3.63) is 0 Å². The molecule has 0 aliphatic heterocycles. The predicted octanol–water partition coefficient (Wildman–Crippen LogP) is 4.64. The van der Waals surface area contributed by atoms with Gasteiger partial charge in [-0.1, -0.05) is 20.3 Å². The van der Waals surface area contributed by atoms with E-state index in [9.17, 15) is 0 Å². The van der Waals surface area contributed by atoms with Crippen LogP contribution in [0.4, 0.5) is 0 Å². The van der Waals surface area contributed by atoms with Crippen LogP contribution in [0.15, 0.2) is 0 Å². The summed E-state index contributed by atoms with van der Waals surface area (Å²) in [6, 6.07) is 0. The lowest BCUT2D eigenvalue weighted by Gasteiger charge is -2.18. The van der Waals surface area contributed by atoms with Gasteiger partial charge >= 0.3 is 0 Å². The van der Waals surface area contributed by atoms with E-state index in [1.807, 2.05) is 48.5 Å². The molecular formula is C15H36O3. The maximum atomic E-state index is 5.34. The highest BCUT2D eigenvalue weighted by Crippen LogP contribution is 2.01. The molecule has 0 saturated carbocycles. The zero-order valence-electron chi connectivity index (χ0n) is 14.2. The normalized spacial score (nSPS) is 10.3. The van der Waals surface area contributed by atoms with Crippen molar-refractivity contribution in [2.45, 2.75) is 93.3 Å². The Morgan fingerprint density at radius 2 is 0.889 bits per heavy atom. The first-order chi connectivity index (χ1) is 8.20. The van der Waals surface area contributed by atoms with E-state index in [0.29, 0.717) is 6.10 Å². The van der Waals surface area contributed by atoms with Crippen molar-refractivity contribution in [3.8, 4) is 0 Å². The first kappa shape index (κ1) is 23.0. The van der Waals surface area contributed by atoms with E-state index in [1.54, 1.807) is 7.11 Å². The molecule has 0 aromatic heterocycles. The van der Waals surface area contributed by atoms with Crippen LogP contribution in [-0.2, 0) is 14.2 Å². The van der Waals surface area contributed by atoms with Crippen LogP contribution in [0.25, 0.3) is 0 Å². The van der Waals surface area contributed by atoms with Crippen molar-refractivity contribution in [2.24, 2.45) is 0 Å². The third-order valence-corrected chi connectivity index (χ3v) is 1.40. The van der Waals surface area contributed by atoms with Crippen molar-refractivity contribution in [3.63, 3.8) is 0 Å². The van der Waals surface area contributed by atoms with E-state index in [0.717, 1.165) is 0 Å². The highest BCUT2D eigenvalue weighted by molar-refractivity contribution is 4.42. The van der Waals surface area contributed by atoms with Crippen LogP contribution in [0.5, 0.6) is 0 Å². The zero-order valence-corrected chi connectivity index (χ0v) is 14.2. The maximum absolute atomic E-state index is 5.34. The fourth-order valence-corrected chi connectivity index (χ4v) is 0.799. The molecule has 0 radical (unpaired) electrons. The largest absolute Gasteiger partial charge is 0.382 e. The minimum Gasteiger partial charge on any atom is -0.382 e. The Hall–Kier alpha value is -0.120. The molecule has 0 N–H and O–H groups in total. The van der Waals surface area contributed by atoms with E-state index >= 15 is 0 Å². The van der Waals surface area contributed by atoms with Gasteiger partial charge in [-0.3, -0.25) is 0 Å². The lowest BCUT2D eigenvalue weighted by molar-refractivity contribution is -0.169. The van der Waals surface area contributed by atoms with Gasteiger partial charge in [-0.05, 0) is 48.5 Å². The van der Waals surface area contributed by atoms with Crippen LogP contribution in [0.3, 0.4) is 0 Å². The van der Waals surface area contributed by atoms with Crippen LogP contribution >= 0.6 is 0 Å². The fraction of sp³-hybridized carbons (Fsp3) is 1.00. The molecule has 0 rings (SSSR count). The molecule has 0 bridgehead atoms. The summed E-state index contributed by atoms with van der Waals surface area (Å²) in [5.74, 6) is 0. The second-order valence-corrected chi connectivity index (χ2v) is 4.93. The lowest BCUT2D eigenvalue weighted by Crippen LogP contribution is -2.21. The zero-order chi connectivity index (χ0) is 15.1. The summed E-state index contributed by atoms with van der Waals surface area (Å²) in [6.45, 7) is 18.2. The first-order valence-corrected chi connectivity index (χ1v) is 7.04. The molecule has 18 heavy (non-hydrogen) atoms. The number of hydrogen-bond donors (Lipinski definition) is 0. The van der Waals surface area contributed by atoms with Crippen LogP contribution in [0.1, 0.15) is 68.7 Å². The number of ether oxygens (including phenoxy) is 3. The quantitative estimate of drug-likeness (QED) is 0.677. The highest BCUT2D eigenvalue weighted by atomic mass is 16.7. The van der Waals surface area contributed by atoms with Crippen LogP contribution in [0, 0.1) is 0 Å². The SMILES string of the molecule is CC(C)OC(C)OC(C)C.CCC.COC(C)C. The van der Waals surface area contributed by atoms with Crippen molar-refractivity contribution in [1.29, 1.82) is 0 Å². The van der Waals surface area contributed by atoms with E-state index in [1.165, 1.54) is 6.42 Å². The third kappa shape index (κ3) is 36.0. The van der Waals surface area contributed by atoms with Gasteiger partial charge in [-0.25, -0.2) is 0 Å². The Bertz CT molecular complexity index is 124. The van der Waals surface area contributed by atoms with Gasteiger partial charge in [0.05, 0.1) is 18.3 Å². The molecule has 0 fully saturated rings. The Kier molecular flexibility index (Phi) is 21.6. The van der Waals surface area contributed by atoms with Gasteiger partial charge in [-0.2, -0.15) is 0 Å². The summed E-state index contributed by atoms with van der Waals surface area (Å²) < 4.78 is 15.4. The van der Waals surface area contributed by atoms with Crippen LogP contribution in [-0.4, -0.2) is 31.7 Å². The second kappa shape index (κ2) is 16.9. The van der Waals surface area contributed by atoms with Crippen LogP contribution in [0.2, 0.25) is 0 Å². The molecule has 0 heterocycles. The van der Waals surface area contributed by atoms with Gasteiger partial charge < -0.3 is 14.2 Å². The average Bonchev–Trinajstić information content (AvgIpc) is 2.16. The van der Waals surface area contributed by atoms with Crippen LogP contribution < -0.4 is 0 Å². The Labute approximate surface area is 115 Å². The van der Waals surface area contributed by atoms with E-state index in [4.69, 9.17) is 14.2 Å². The number of methoxy groups -OCH3 is 1. The van der Waals surface area contributed by atoms with Gasteiger partial charge in [0.1, 0.15) is 0 Å². The van der Waals surface area contributed by atoms with Gasteiger partial charge in [0.25, 0.3) is 0 Å². The molecule has 0 amide bonds. The Morgan fingerprint density at radius 1 is 0.667 bits per heavy atom. The summed E-state index contributed by atoms with van der Waals surface area (Å²) >= 11 is 0. The molecule has 114 valence electrons. The van der Waals surface area contributed by atoms with Gasteiger partial charge in [-0.15, -0.1) is 0 Å². The molecule has 0 saturated heterocycles. The van der Waals surface area contributed by atoms with E-state index in [-0.39, 0.29) is 18.5 Å². The molecule has 3 heteroatoms. The van der Waals surface area contributed by atoms with Crippen molar-refractivity contribution < 1.29 is 14.2 Å². The summed E-state index contributed by atoms with van der Waals surface area (Å²) in [5.41, 5.74) is 0. The topological polar surface area (TPSA) is 27.7 Å². The fourth-order valence-electron chi connectivity index (χ4n) is 0.799. The Morgan fingerprint density at radius 3 is 1.00 bits per heavy atom. The first-order valence-electron chi connectivity index (χ1n) is 7.04. The molecule has 0 spiro atoms. The molecule has 0 aliphatic carbocycles. The van der Waals surface area contributed by atoms with Crippen molar-refractivity contribution >= 4 is 0 Å². The van der Waals surface area contributed by atoms with Crippen molar-refractivity contribution in [2.75, 3.05) is 7.11 Å². The van der Waals surface area contributed by atoms with Crippen molar-refractivity contribution in [1.82, 2.24) is 0 Å². The summed E-state index contributed by atoms with van der Waals surface area (Å²) in [5, 5.41) is 0. The molecule has 0 atom stereocenters. The summed E-state index contributed by atoms with van der Waals surface area (Å²) in [7, 11) is 1.70. The molecule has 3 nitrogen and oxygen atoms in total. The lowest BCUT2D eigenvalue weighted by atomic mass is 10.4. The molecule has 0 aromatic carbocycles. The standard InChI is InChI=1S/C8H18O2.C4H10O.C3H8/c1-6(2)9-8(5)10-7(3)4;1-4(2)5-3;1-3-2/h6-8H,1-5H3;4H,1-3H3;3H2,1-2H3. The maximum Gasteiger partial charge on any atom is 0.155 e. The number of rotatable bonds is 5. The highest BCUT2D eigenvalue weighted by Gasteiger charge is 2.05. The summed E-state index contributed by atoms with van der Waals surface area (Å²) in [6.07, 6.45) is 2.04. The monoisotopic (exact) mass is 264 g/mol. The second-order valence-electron chi connectivity index (χ2n) is 4.93. The van der Waals surface area contributed by atoms with Gasteiger partial charge in [0.15, 0.2) is 6.29 Å². The molecule has 0 aliphatic rings. The molecule has 0 unspecified atom stereocenters. The van der Waals surface area contributed by atoms with Gasteiger partial charge in [0.2, 0.25) is 0 Å². The van der Waals surface area contributed by atoms with E-state index in [2.05, 4.69) is 13.8 Å². The smallest absolute Gasteiger partial charge is 0.155 e.